The van der Waals surface area contributed by atoms with Gasteiger partial charge < -0.3 is 4.89 Å². The van der Waals surface area contributed by atoms with E-state index >= 15 is 0 Å². The van der Waals surface area contributed by atoms with Gasteiger partial charge in [0.2, 0.25) is 0 Å². The summed E-state index contributed by atoms with van der Waals surface area (Å²) in [5, 5.41) is 0. The Hall–Kier alpha value is 0.390. The lowest BCUT2D eigenvalue weighted by molar-refractivity contribution is 0.631. The maximum atomic E-state index is 8.43. The summed E-state index contributed by atoms with van der Waals surface area (Å²) in [5.41, 5.74) is 0. The van der Waals surface area contributed by atoms with E-state index in [0.717, 1.165) is 6.16 Å². The summed E-state index contributed by atoms with van der Waals surface area (Å²) in [6.45, 7) is 3.82. The molecule has 0 aliphatic carbocycles. The van der Waals surface area contributed by atoms with Crippen LogP contribution in [0.3, 0.4) is 0 Å². The second-order valence-electron chi connectivity index (χ2n) is 0.974. The quantitative estimate of drug-likeness (QED) is 0.479. The summed E-state index contributed by atoms with van der Waals surface area (Å²) >= 11 is 0. The predicted octanol–water partition coefficient (Wildman–Crippen LogP) is 1.03. The van der Waals surface area contributed by atoms with Crippen LogP contribution in [0.15, 0.2) is 0 Å². The Kier molecular flexibility index (Phi) is 2.82. The molecule has 1 N–H and O–H groups in total. The Labute approximate surface area is 33.8 Å². The molecule has 0 spiro atoms. The lowest BCUT2D eigenvalue weighted by atomic mass is 11.0. The smallest absolute Gasteiger partial charge is 0.0216 e. The summed E-state index contributed by atoms with van der Waals surface area (Å²) in [7, 11) is -0.598. The Morgan fingerprint density at radius 3 is 2.00 bits per heavy atom. The van der Waals surface area contributed by atoms with E-state index in [1.807, 2.05) is 13.6 Å². The SMILES string of the molecule is CC[P@](C)O. The molecule has 1 nitrogen and oxygen atoms in total. The molecule has 0 aromatic rings. The first-order valence-corrected chi connectivity index (χ1v) is 3.60. The summed E-state index contributed by atoms with van der Waals surface area (Å²) in [5.74, 6) is 0. The van der Waals surface area contributed by atoms with Crippen molar-refractivity contribution in [1.82, 2.24) is 0 Å². The first kappa shape index (κ1) is 5.39. The minimum absolute atomic E-state index is 0.598. The molecule has 0 unspecified atom stereocenters. The van der Waals surface area contributed by atoms with Crippen molar-refractivity contribution in [3.05, 3.63) is 0 Å². The van der Waals surface area contributed by atoms with Crippen LogP contribution >= 0.6 is 8.15 Å². The number of hydrogen-bond acceptors (Lipinski definition) is 1. The van der Waals surface area contributed by atoms with Gasteiger partial charge in [-0.3, -0.25) is 0 Å². The van der Waals surface area contributed by atoms with Crippen molar-refractivity contribution in [1.29, 1.82) is 0 Å². The first-order valence-electron chi connectivity index (χ1n) is 1.67. The van der Waals surface area contributed by atoms with Crippen LogP contribution < -0.4 is 0 Å². The molecule has 0 bridgehead atoms. The zero-order valence-corrected chi connectivity index (χ0v) is 4.50. The first-order chi connectivity index (χ1) is 2.27. The molecule has 0 heterocycles. The van der Waals surface area contributed by atoms with Crippen LogP contribution in [0.4, 0.5) is 0 Å². The summed E-state index contributed by atoms with van der Waals surface area (Å²) in [6.07, 6.45) is 0.926. The molecule has 0 aliphatic heterocycles. The van der Waals surface area contributed by atoms with Crippen LogP contribution in [0.2, 0.25) is 0 Å². The van der Waals surface area contributed by atoms with Crippen LogP contribution in [-0.4, -0.2) is 17.7 Å². The molecule has 0 saturated heterocycles. The Balaban J connectivity index is 2.54. The average Bonchev–Trinajstić information content (AvgIpc) is 1.38. The molecule has 0 rings (SSSR count). The molecular formula is C3H9OP. The minimum Gasteiger partial charge on any atom is -0.374 e. The van der Waals surface area contributed by atoms with Gasteiger partial charge in [-0.25, -0.2) is 0 Å². The second kappa shape index (κ2) is 2.62. The van der Waals surface area contributed by atoms with E-state index in [2.05, 4.69) is 0 Å². The highest BCUT2D eigenvalue weighted by atomic mass is 31.1. The van der Waals surface area contributed by atoms with Gasteiger partial charge in [-0.1, -0.05) is 6.92 Å². The third-order valence-electron chi connectivity index (χ3n) is 0.458. The van der Waals surface area contributed by atoms with Gasteiger partial charge in [-0.2, -0.15) is 0 Å². The fourth-order valence-corrected chi connectivity index (χ4v) is 0. The van der Waals surface area contributed by atoms with E-state index in [9.17, 15) is 0 Å². The summed E-state index contributed by atoms with van der Waals surface area (Å²) in [4.78, 5) is 8.43. The average molecular weight is 92.1 g/mol. The Morgan fingerprint density at radius 1 is 1.80 bits per heavy atom. The van der Waals surface area contributed by atoms with E-state index in [-0.39, 0.29) is 0 Å². The minimum atomic E-state index is -0.598. The fraction of sp³-hybridized carbons (Fsp3) is 1.00. The van der Waals surface area contributed by atoms with Gasteiger partial charge in [0.05, 0.1) is 0 Å². The zero-order valence-electron chi connectivity index (χ0n) is 3.60. The molecule has 0 aromatic carbocycles. The van der Waals surface area contributed by atoms with Crippen molar-refractivity contribution in [3.8, 4) is 0 Å². The van der Waals surface area contributed by atoms with Crippen molar-refractivity contribution >= 4 is 8.15 Å². The highest BCUT2D eigenvalue weighted by Gasteiger charge is 1.81. The van der Waals surface area contributed by atoms with Gasteiger partial charge in [0, 0.05) is 8.15 Å². The van der Waals surface area contributed by atoms with Crippen LogP contribution in [0.1, 0.15) is 6.92 Å². The molecule has 1 atom stereocenters. The summed E-state index contributed by atoms with van der Waals surface area (Å²) in [6, 6.07) is 0. The van der Waals surface area contributed by atoms with E-state index < -0.39 is 8.15 Å². The van der Waals surface area contributed by atoms with Gasteiger partial charge in [-0.15, -0.1) is 0 Å². The molecule has 0 fully saturated rings. The second-order valence-corrected chi connectivity index (χ2v) is 2.92. The van der Waals surface area contributed by atoms with Crippen molar-refractivity contribution in [2.24, 2.45) is 0 Å². The highest BCUT2D eigenvalue weighted by Crippen LogP contribution is 2.20. The monoisotopic (exact) mass is 92.0 g/mol. The fourth-order valence-electron chi connectivity index (χ4n) is 0. The topological polar surface area (TPSA) is 20.2 Å². The van der Waals surface area contributed by atoms with Gasteiger partial charge in [-0.05, 0) is 12.8 Å². The Morgan fingerprint density at radius 2 is 2.00 bits per heavy atom. The van der Waals surface area contributed by atoms with Crippen LogP contribution in [0.5, 0.6) is 0 Å². The molecule has 0 aliphatic rings. The van der Waals surface area contributed by atoms with E-state index in [1.54, 1.807) is 0 Å². The largest absolute Gasteiger partial charge is 0.374 e. The Bertz CT molecular complexity index is 20.9. The standard InChI is InChI=1S/C3H9OP/c1-3-5(2)4/h4H,3H2,1-2H3/t5-/m0/s1. The third kappa shape index (κ3) is 4.39. The molecule has 0 saturated carbocycles. The van der Waals surface area contributed by atoms with Crippen molar-refractivity contribution < 1.29 is 4.89 Å². The number of rotatable bonds is 1. The molecular weight excluding hydrogens is 83.0 g/mol. The van der Waals surface area contributed by atoms with Gasteiger partial charge in [0.1, 0.15) is 0 Å². The molecule has 32 valence electrons. The molecule has 0 amide bonds. The number of hydrogen-bond donors (Lipinski definition) is 1. The third-order valence-corrected chi connectivity index (χ3v) is 1.37. The zero-order chi connectivity index (χ0) is 4.28. The van der Waals surface area contributed by atoms with Crippen molar-refractivity contribution in [2.45, 2.75) is 6.92 Å². The van der Waals surface area contributed by atoms with E-state index in [4.69, 9.17) is 4.89 Å². The van der Waals surface area contributed by atoms with E-state index in [1.165, 1.54) is 0 Å². The van der Waals surface area contributed by atoms with Crippen LogP contribution in [0, 0.1) is 0 Å². The van der Waals surface area contributed by atoms with Gasteiger partial charge in [0.25, 0.3) is 0 Å². The van der Waals surface area contributed by atoms with Crippen molar-refractivity contribution in [2.75, 3.05) is 12.8 Å². The summed E-state index contributed by atoms with van der Waals surface area (Å²) < 4.78 is 0. The van der Waals surface area contributed by atoms with Crippen molar-refractivity contribution in [3.63, 3.8) is 0 Å². The molecule has 0 radical (unpaired) electrons. The maximum Gasteiger partial charge on any atom is 0.0216 e. The highest BCUT2D eigenvalue weighted by molar-refractivity contribution is 7.50. The normalized spacial score (nSPS) is 15.0. The van der Waals surface area contributed by atoms with Crippen LogP contribution in [0.25, 0.3) is 0 Å². The van der Waals surface area contributed by atoms with Gasteiger partial charge in [0.15, 0.2) is 0 Å². The van der Waals surface area contributed by atoms with Crippen LogP contribution in [-0.2, 0) is 0 Å². The van der Waals surface area contributed by atoms with E-state index in [0.29, 0.717) is 0 Å². The van der Waals surface area contributed by atoms with Gasteiger partial charge >= 0.3 is 0 Å². The maximum absolute atomic E-state index is 8.43. The molecule has 0 aromatic heterocycles. The molecule has 5 heavy (non-hydrogen) atoms. The lowest BCUT2D eigenvalue weighted by Crippen LogP contribution is -1.66. The lowest BCUT2D eigenvalue weighted by Gasteiger charge is -1.90. The molecule has 2 heteroatoms. The predicted molar refractivity (Wildman–Crippen MR) is 25.6 cm³/mol.